The molecule has 0 spiro atoms. The van der Waals surface area contributed by atoms with Crippen LogP contribution in [-0.2, 0) is 5.75 Å². The highest BCUT2D eigenvalue weighted by atomic mass is 32.2. The number of nitrogens with one attached hydrogen (secondary N) is 1. The van der Waals surface area contributed by atoms with Gasteiger partial charge in [0.2, 0.25) is 5.88 Å². The molecule has 1 N–H and O–H groups in total. The van der Waals surface area contributed by atoms with Crippen LogP contribution in [0.1, 0.15) is 15.9 Å². The van der Waals surface area contributed by atoms with Crippen molar-refractivity contribution >= 4 is 29.0 Å². The lowest BCUT2D eigenvalue weighted by Gasteiger charge is -2.05. The van der Waals surface area contributed by atoms with Crippen molar-refractivity contribution in [3.8, 4) is 5.88 Å². The van der Waals surface area contributed by atoms with E-state index in [9.17, 15) is 4.79 Å². The standard InChI is InChI=1S/C14H16N2O2S2/c1-18-13-3-2-12(8-16-13)14(17)15-5-7-20-10-11-4-6-19-9-11/h2-4,6,8-9H,5,7,10H2,1H3,(H,15,17). The molecule has 2 heterocycles. The van der Waals surface area contributed by atoms with Crippen molar-refractivity contribution < 1.29 is 9.53 Å². The van der Waals surface area contributed by atoms with Crippen molar-refractivity contribution in [2.75, 3.05) is 19.4 Å². The molecule has 0 aliphatic heterocycles. The summed E-state index contributed by atoms with van der Waals surface area (Å²) in [6, 6.07) is 5.51. The predicted octanol–water partition coefficient (Wildman–Crippen LogP) is 2.81. The molecular weight excluding hydrogens is 292 g/mol. The van der Waals surface area contributed by atoms with Gasteiger partial charge in [-0.3, -0.25) is 4.79 Å². The predicted molar refractivity (Wildman–Crippen MR) is 83.6 cm³/mol. The number of pyridine rings is 1. The van der Waals surface area contributed by atoms with E-state index < -0.39 is 0 Å². The fourth-order valence-electron chi connectivity index (χ4n) is 1.54. The van der Waals surface area contributed by atoms with Crippen LogP contribution in [0, 0.1) is 0 Å². The van der Waals surface area contributed by atoms with Gasteiger partial charge in [-0.2, -0.15) is 23.1 Å². The molecule has 20 heavy (non-hydrogen) atoms. The molecule has 6 heteroatoms. The zero-order valence-electron chi connectivity index (χ0n) is 11.2. The van der Waals surface area contributed by atoms with E-state index in [4.69, 9.17) is 4.74 Å². The summed E-state index contributed by atoms with van der Waals surface area (Å²) >= 11 is 3.52. The fourth-order valence-corrected chi connectivity index (χ4v) is 3.12. The first-order chi connectivity index (χ1) is 9.79. The SMILES string of the molecule is COc1ccc(C(=O)NCCSCc2ccsc2)cn1. The van der Waals surface area contributed by atoms with Gasteiger partial charge in [-0.25, -0.2) is 4.98 Å². The van der Waals surface area contributed by atoms with Gasteiger partial charge in [-0.05, 0) is 28.5 Å². The zero-order valence-corrected chi connectivity index (χ0v) is 12.8. The maximum absolute atomic E-state index is 11.8. The number of carbonyl (C=O) groups is 1. The number of thiophene rings is 1. The summed E-state index contributed by atoms with van der Waals surface area (Å²) in [7, 11) is 1.55. The van der Waals surface area contributed by atoms with Crippen molar-refractivity contribution in [3.05, 3.63) is 46.3 Å². The van der Waals surface area contributed by atoms with Crippen LogP contribution in [0.5, 0.6) is 5.88 Å². The number of nitrogens with zero attached hydrogens (tertiary/aromatic N) is 1. The van der Waals surface area contributed by atoms with E-state index in [1.165, 1.54) is 11.8 Å². The van der Waals surface area contributed by atoms with E-state index in [0.29, 0.717) is 18.0 Å². The molecule has 2 aromatic rings. The molecule has 0 unspecified atom stereocenters. The Morgan fingerprint density at radius 2 is 2.35 bits per heavy atom. The fraction of sp³-hybridized carbons (Fsp3) is 0.286. The Morgan fingerprint density at radius 1 is 1.45 bits per heavy atom. The quantitative estimate of drug-likeness (QED) is 0.799. The van der Waals surface area contributed by atoms with Gasteiger partial charge in [-0.1, -0.05) is 0 Å². The van der Waals surface area contributed by atoms with Gasteiger partial charge in [0.15, 0.2) is 0 Å². The third-order valence-corrected chi connectivity index (χ3v) is 4.35. The van der Waals surface area contributed by atoms with Crippen molar-refractivity contribution in [2.24, 2.45) is 0 Å². The van der Waals surface area contributed by atoms with E-state index >= 15 is 0 Å². The van der Waals surface area contributed by atoms with E-state index in [0.717, 1.165) is 11.5 Å². The van der Waals surface area contributed by atoms with Gasteiger partial charge < -0.3 is 10.1 Å². The number of thioether (sulfide) groups is 1. The summed E-state index contributed by atoms with van der Waals surface area (Å²) in [6.07, 6.45) is 1.52. The third kappa shape index (κ3) is 4.54. The van der Waals surface area contributed by atoms with E-state index in [1.807, 2.05) is 11.8 Å². The Balaban J connectivity index is 1.66. The molecule has 2 rings (SSSR count). The number of hydrogen-bond donors (Lipinski definition) is 1. The van der Waals surface area contributed by atoms with E-state index in [2.05, 4.69) is 27.1 Å². The summed E-state index contributed by atoms with van der Waals surface area (Å²) in [6.45, 7) is 0.652. The second-order valence-electron chi connectivity index (χ2n) is 4.03. The van der Waals surface area contributed by atoms with Crippen LogP contribution in [0.25, 0.3) is 0 Å². The Labute approximate surface area is 126 Å². The third-order valence-electron chi connectivity index (χ3n) is 2.59. The van der Waals surface area contributed by atoms with Crippen LogP contribution < -0.4 is 10.1 Å². The maximum atomic E-state index is 11.8. The molecule has 0 saturated heterocycles. The molecule has 0 fully saturated rings. The second kappa shape index (κ2) is 7.91. The molecule has 0 atom stereocenters. The van der Waals surface area contributed by atoms with Gasteiger partial charge in [0.05, 0.1) is 12.7 Å². The minimum atomic E-state index is -0.101. The molecule has 0 aliphatic rings. The van der Waals surface area contributed by atoms with Crippen LogP contribution in [0.2, 0.25) is 0 Å². The van der Waals surface area contributed by atoms with Crippen LogP contribution >= 0.6 is 23.1 Å². The van der Waals surface area contributed by atoms with Crippen molar-refractivity contribution in [2.45, 2.75) is 5.75 Å². The highest BCUT2D eigenvalue weighted by Gasteiger charge is 2.05. The first-order valence-electron chi connectivity index (χ1n) is 6.16. The van der Waals surface area contributed by atoms with E-state index in [-0.39, 0.29) is 5.91 Å². The molecule has 106 valence electrons. The summed E-state index contributed by atoms with van der Waals surface area (Å²) in [5.41, 5.74) is 1.89. The largest absolute Gasteiger partial charge is 0.481 e. The Kier molecular flexibility index (Phi) is 5.88. The van der Waals surface area contributed by atoms with Crippen LogP contribution in [-0.4, -0.2) is 30.3 Å². The minimum absolute atomic E-state index is 0.101. The first-order valence-corrected chi connectivity index (χ1v) is 8.26. The smallest absolute Gasteiger partial charge is 0.252 e. The number of ether oxygens (including phenoxy) is 1. The minimum Gasteiger partial charge on any atom is -0.481 e. The molecule has 0 radical (unpaired) electrons. The number of methoxy groups -OCH3 is 1. The molecule has 4 nitrogen and oxygen atoms in total. The van der Waals surface area contributed by atoms with Crippen LogP contribution in [0.4, 0.5) is 0 Å². The average molecular weight is 308 g/mol. The Bertz CT molecular complexity index is 527. The van der Waals surface area contributed by atoms with Gasteiger partial charge in [0.25, 0.3) is 5.91 Å². The topological polar surface area (TPSA) is 51.2 Å². The molecule has 0 bridgehead atoms. The molecule has 0 aliphatic carbocycles. The van der Waals surface area contributed by atoms with Crippen molar-refractivity contribution in [1.82, 2.24) is 10.3 Å². The average Bonchev–Trinajstić information content (AvgIpc) is 3.00. The number of carbonyl (C=O) groups excluding carboxylic acids is 1. The van der Waals surface area contributed by atoms with Gasteiger partial charge >= 0.3 is 0 Å². The van der Waals surface area contributed by atoms with Crippen LogP contribution in [0.3, 0.4) is 0 Å². The van der Waals surface area contributed by atoms with E-state index in [1.54, 1.807) is 30.6 Å². The van der Waals surface area contributed by atoms with Crippen molar-refractivity contribution in [3.63, 3.8) is 0 Å². The first kappa shape index (κ1) is 14.9. The second-order valence-corrected chi connectivity index (χ2v) is 5.91. The van der Waals surface area contributed by atoms with Gasteiger partial charge in [0, 0.05) is 30.3 Å². The molecule has 0 aromatic carbocycles. The Morgan fingerprint density at radius 3 is 3.00 bits per heavy atom. The summed E-state index contributed by atoms with van der Waals surface area (Å²) in [5.74, 6) is 2.29. The van der Waals surface area contributed by atoms with Crippen LogP contribution in [0.15, 0.2) is 35.2 Å². The molecule has 1 amide bonds. The number of aromatic nitrogens is 1. The molecule has 0 saturated carbocycles. The molecular formula is C14H16N2O2S2. The summed E-state index contributed by atoms with van der Waals surface area (Å²) in [5, 5.41) is 7.10. The monoisotopic (exact) mass is 308 g/mol. The zero-order chi connectivity index (χ0) is 14.2. The lowest BCUT2D eigenvalue weighted by Crippen LogP contribution is -2.25. The normalized spacial score (nSPS) is 10.2. The van der Waals surface area contributed by atoms with Gasteiger partial charge in [-0.15, -0.1) is 0 Å². The summed E-state index contributed by atoms with van der Waals surface area (Å²) in [4.78, 5) is 15.8. The lowest BCUT2D eigenvalue weighted by molar-refractivity contribution is 0.0956. The highest BCUT2D eigenvalue weighted by molar-refractivity contribution is 7.98. The number of rotatable bonds is 7. The molecule has 2 aromatic heterocycles. The summed E-state index contributed by atoms with van der Waals surface area (Å²) < 4.78 is 4.95. The number of amides is 1. The Hall–Kier alpha value is -1.53. The lowest BCUT2D eigenvalue weighted by atomic mass is 10.2. The highest BCUT2D eigenvalue weighted by Crippen LogP contribution is 2.14. The number of hydrogen-bond acceptors (Lipinski definition) is 5. The maximum Gasteiger partial charge on any atom is 0.252 e. The van der Waals surface area contributed by atoms with Gasteiger partial charge in [0.1, 0.15) is 0 Å². The van der Waals surface area contributed by atoms with Crippen molar-refractivity contribution in [1.29, 1.82) is 0 Å².